The monoisotopic (exact) mass is 393 g/mol. The van der Waals surface area contributed by atoms with Gasteiger partial charge in [-0.05, 0) is 51.0 Å². The van der Waals surface area contributed by atoms with E-state index in [4.69, 9.17) is 21.1 Å². The molecule has 144 valence electrons. The Balaban J connectivity index is 1.67. The average molecular weight is 394 g/mol. The van der Waals surface area contributed by atoms with Crippen molar-refractivity contribution in [3.63, 3.8) is 0 Å². The van der Waals surface area contributed by atoms with Gasteiger partial charge in [0.2, 0.25) is 5.78 Å². The normalized spacial score (nSPS) is 16.5. The van der Waals surface area contributed by atoms with Crippen LogP contribution in [0.5, 0.6) is 0 Å². The second kappa shape index (κ2) is 8.23. The molecule has 0 amide bonds. The molecule has 1 aliphatic heterocycles. The molecule has 1 aromatic carbocycles. The summed E-state index contributed by atoms with van der Waals surface area (Å²) < 4.78 is 26.4. The molecule has 1 fully saturated rings. The van der Waals surface area contributed by atoms with Crippen LogP contribution in [0.3, 0.4) is 0 Å². The highest BCUT2D eigenvalue weighted by Gasteiger charge is 2.22. The van der Waals surface area contributed by atoms with Crippen LogP contribution in [-0.4, -0.2) is 35.6 Å². The number of ketones is 1. The molecular weight excluding hydrogens is 373 g/mol. The van der Waals surface area contributed by atoms with Crippen LogP contribution in [0.4, 0.5) is 4.39 Å². The van der Waals surface area contributed by atoms with E-state index in [0.717, 1.165) is 36.9 Å². The summed E-state index contributed by atoms with van der Waals surface area (Å²) in [4.78, 5) is 24.6. The second-order valence-electron chi connectivity index (χ2n) is 6.65. The van der Waals surface area contributed by atoms with Crippen molar-refractivity contribution in [3.8, 4) is 0 Å². The van der Waals surface area contributed by atoms with Crippen molar-refractivity contribution < 1.29 is 23.5 Å². The van der Waals surface area contributed by atoms with Crippen LogP contribution < -0.4 is 0 Å². The van der Waals surface area contributed by atoms with Crippen molar-refractivity contribution in [1.82, 2.24) is 4.57 Å². The maximum absolute atomic E-state index is 13.7. The van der Waals surface area contributed by atoms with E-state index in [1.807, 2.05) is 18.4 Å². The summed E-state index contributed by atoms with van der Waals surface area (Å²) in [5.74, 6) is -2.00. The van der Waals surface area contributed by atoms with Gasteiger partial charge in [-0.1, -0.05) is 11.6 Å². The van der Waals surface area contributed by atoms with Gasteiger partial charge in [0.25, 0.3) is 0 Å². The molecule has 3 rings (SSSR count). The number of halogens is 2. The Morgan fingerprint density at radius 3 is 2.78 bits per heavy atom. The molecule has 1 atom stereocenters. The molecule has 1 aromatic heterocycles. The van der Waals surface area contributed by atoms with Gasteiger partial charge in [-0.15, -0.1) is 0 Å². The number of ether oxygens (including phenoxy) is 2. The highest BCUT2D eigenvalue weighted by Crippen LogP contribution is 2.21. The van der Waals surface area contributed by atoms with Crippen LogP contribution >= 0.6 is 11.6 Å². The quantitative estimate of drug-likeness (QED) is 0.547. The Hall–Kier alpha value is -2.18. The molecule has 0 radical (unpaired) electrons. The van der Waals surface area contributed by atoms with Crippen LogP contribution in [0.25, 0.3) is 0 Å². The van der Waals surface area contributed by atoms with Crippen LogP contribution in [0.15, 0.2) is 24.3 Å². The van der Waals surface area contributed by atoms with E-state index in [2.05, 4.69) is 0 Å². The third-order valence-electron chi connectivity index (χ3n) is 4.77. The number of aromatic nitrogens is 1. The molecule has 0 unspecified atom stereocenters. The van der Waals surface area contributed by atoms with Crippen molar-refractivity contribution >= 4 is 23.4 Å². The largest absolute Gasteiger partial charge is 0.454 e. The topological polar surface area (TPSA) is 57.5 Å². The second-order valence-corrected chi connectivity index (χ2v) is 7.09. The summed E-state index contributed by atoms with van der Waals surface area (Å²) in [5.41, 5.74) is 1.94. The number of hydrogen-bond donors (Lipinski definition) is 0. The fourth-order valence-corrected chi connectivity index (χ4v) is 3.47. The van der Waals surface area contributed by atoms with Crippen molar-refractivity contribution in [2.24, 2.45) is 0 Å². The fourth-order valence-electron chi connectivity index (χ4n) is 3.30. The van der Waals surface area contributed by atoms with Gasteiger partial charge in [0.05, 0.1) is 11.7 Å². The minimum absolute atomic E-state index is 0.154. The zero-order chi connectivity index (χ0) is 19.6. The van der Waals surface area contributed by atoms with E-state index in [9.17, 15) is 14.0 Å². The van der Waals surface area contributed by atoms with Gasteiger partial charge in [0.15, 0.2) is 6.61 Å². The van der Waals surface area contributed by atoms with E-state index in [-0.39, 0.29) is 22.5 Å². The lowest BCUT2D eigenvalue weighted by Gasteiger charge is -2.14. The molecule has 0 bridgehead atoms. The molecule has 0 saturated carbocycles. The van der Waals surface area contributed by atoms with Gasteiger partial charge in [0, 0.05) is 35.1 Å². The first-order valence-corrected chi connectivity index (χ1v) is 9.18. The molecule has 1 aliphatic rings. The Kier molecular flexibility index (Phi) is 5.97. The van der Waals surface area contributed by atoms with Gasteiger partial charge in [0.1, 0.15) is 5.82 Å². The molecule has 0 aliphatic carbocycles. The third-order valence-corrected chi connectivity index (χ3v) is 5.00. The molecule has 2 heterocycles. The van der Waals surface area contributed by atoms with Crippen LogP contribution in [0.1, 0.15) is 44.9 Å². The van der Waals surface area contributed by atoms with Crippen LogP contribution in [0, 0.1) is 19.7 Å². The van der Waals surface area contributed by atoms with E-state index in [0.29, 0.717) is 12.1 Å². The number of nitrogens with zero attached hydrogens (tertiary/aromatic N) is 1. The average Bonchev–Trinajstić information content (AvgIpc) is 3.25. The number of carbonyl (C=O) groups excluding carboxylic acids is 2. The molecule has 27 heavy (non-hydrogen) atoms. The number of rotatable bonds is 6. The summed E-state index contributed by atoms with van der Waals surface area (Å²) in [5, 5.41) is 0.215. The summed E-state index contributed by atoms with van der Waals surface area (Å²) >= 11 is 5.78. The van der Waals surface area contributed by atoms with Crippen LogP contribution in [0.2, 0.25) is 5.02 Å². The summed E-state index contributed by atoms with van der Waals surface area (Å²) in [6, 6.07) is 5.37. The van der Waals surface area contributed by atoms with Crippen molar-refractivity contribution in [2.75, 3.05) is 13.2 Å². The Morgan fingerprint density at radius 1 is 1.30 bits per heavy atom. The standard InChI is InChI=1S/C20H21ClFNO4/c1-12-8-16(13(2)23(12)10-15-4-3-7-26-15)19(24)11-27-20(25)17-9-14(21)5-6-18(17)22/h5-6,8-9,15H,3-4,7,10-11H2,1-2H3/t15-/m0/s1. The minimum Gasteiger partial charge on any atom is -0.454 e. The molecule has 0 spiro atoms. The van der Waals surface area contributed by atoms with Crippen LogP contribution in [-0.2, 0) is 16.0 Å². The summed E-state index contributed by atoms with van der Waals surface area (Å²) in [7, 11) is 0. The molecule has 1 saturated heterocycles. The number of benzene rings is 1. The van der Waals surface area contributed by atoms with Gasteiger partial charge >= 0.3 is 5.97 Å². The Bertz CT molecular complexity index is 871. The maximum Gasteiger partial charge on any atom is 0.341 e. The smallest absolute Gasteiger partial charge is 0.341 e. The summed E-state index contributed by atoms with van der Waals surface area (Å²) in [6.07, 6.45) is 2.20. The lowest BCUT2D eigenvalue weighted by atomic mass is 10.1. The van der Waals surface area contributed by atoms with Gasteiger partial charge < -0.3 is 14.0 Å². The first kappa shape index (κ1) is 19.6. The molecular formula is C20H21ClFNO4. The predicted octanol–water partition coefficient (Wildman–Crippen LogP) is 4.12. The third kappa shape index (κ3) is 4.39. The van der Waals surface area contributed by atoms with E-state index in [1.54, 1.807) is 6.07 Å². The van der Waals surface area contributed by atoms with Crippen molar-refractivity contribution in [2.45, 2.75) is 39.3 Å². The van der Waals surface area contributed by atoms with Gasteiger partial charge in [-0.3, -0.25) is 4.79 Å². The Labute approximate surface area is 162 Å². The van der Waals surface area contributed by atoms with Gasteiger partial charge in [-0.25, -0.2) is 9.18 Å². The van der Waals surface area contributed by atoms with Crippen molar-refractivity contribution in [1.29, 1.82) is 0 Å². The Morgan fingerprint density at radius 2 is 2.07 bits per heavy atom. The van der Waals surface area contributed by atoms with Gasteiger partial charge in [-0.2, -0.15) is 0 Å². The lowest BCUT2D eigenvalue weighted by molar-refractivity contribution is 0.0470. The molecule has 7 heteroatoms. The van der Waals surface area contributed by atoms with E-state index < -0.39 is 18.4 Å². The minimum atomic E-state index is -0.920. The van der Waals surface area contributed by atoms with E-state index >= 15 is 0 Å². The SMILES string of the molecule is Cc1cc(C(=O)COC(=O)c2cc(Cl)ccc2F)c(C)n1C[C@@H]1CCCO1. The zero-order valence-electron chi connectivity index (χ0n) is 15.3. The number of esters is 1. The zero-order valence-corrected chi connectivity index (χ0v) is 16.0. The number of Topliss-reactive ketones (excluding diaryl/α,β-unsaturated/α-hetero) is 1. The number of aryl methyl sites for hydroxylation is 1. The number of carbonyl (C=O) groups is 2. The fraction of sp³-hybridized carbons (Fsp3) is 0.400. The molecule has 2 aromatic rings. The lowest BCUT2D eigenvalue weighted by Crippen LogP contribution is -2.18. The molecule has 5 nitrogen and oxygen atoms in total. The highest BCUT2D eigenvalue weighted by atomic mass is 35.5. The molecule has 0 N–H and O–H groups in total. The first-order valence-electron chi connectivity index (χ1n) is 8.80. The predicted molar refractivity (Wildman–Crippen MR) is 98.9 cm³/mol. The van der Waals surface area contributed by atoms with Crippen molar-refractivity contribution in [3.05, 3.63) is 57.6 Å². The van der Waals surface area contributed by atoms with E-state index in [1.165, 1.54) is 12.1 Å². The highest BCUT2D eigenvalue weighted by molar-refractivity contribution is 6.30. The number of hydrogen-bond acceptors (Lipinski definition) is 4. The first-order chi connectivity index (χ1) is 12.9. The summed E-state index contributed by atoms with van der Waals surface area (Å²) in [6.45, 7) is 4.78. The maximum atomic E-state index is 13.7.